The van der Waals surface area contributed by atoms with Gasteiger partial charge in [0.2, 0.25) is 0 Å². The predicted molar refractivity (Wildman–Crippen MR) is 87.9 cm³/mol. The molecule has 4 nitrogen and oxygen atoms in total. The Balaban J connectivity index is 1.43. The fourth-order valence-electron chi connectivity index (χ4n) is 3.30. The van der Waals surface area contributed by atoms with E-state index < -0.39 is 17.7 Å². The number of β-amino-alcohol motifs (C(OH)–C–C–N with tert-alkyl or cyclic N) is 1. The van der Waals surface area contributed by atoms with Crippen LogP contribution in [0.4, 0.5) is 4.39 Å². The molecule has 2 heterocycles. The number of rotatable bonds is 3. The summed E-state index contributed by atoms with van der Waals surface area (Å²) in [6.07, 6.45) is -0.0806. The Morgan fingerprint density at radius 2 is 1.92 bits per heavy atom. The summed E-state index contributed by atoms with van der Waals surface area (Å²) < 4.78 is 25.1. The van der Waals surface area contributed by atoms with Crippen LogP contribution in [-0.2, 0) is 0 Å². The van der Waals surface area contributed by atoms with Gasteiger partial charge in [0.05, 0.1) is 12.6 Å². The third kappa shape index (κ3) is 2.83. The first kappa shape index (κ1) is 15.7. The molecular weight excluding hydrogens is 333 g/mol. The number of likely N-dealkylation sites (tertiary alicyclic amines) is 1. The molecule has 2 aromatic carbocycles. The van der Waals surface area contributed by atoms with E-state index >= 15 is 0 Å². The maximum Gasteiger partial charge on any atom is 0.265 e. The molecule has 0 bridgehead atoms. The van der Waals surface area contributed by atoms with E-state index in [4.69, 9.17) is 21.1 Å². The fourth-order valence-corrected chi connectivity index (χ4v) is 3.60. The van der Waals surface area contributed by atoms with Gasteiger partial charge in [-0.15, -0.1) is 0 Å². The molecule has 1 spiro atoms. The summed E-state index contributed by atoms with van der Waals surface area (Å²) >= 11 is 6.02. The molecular formula is C18H17ClFNO3. The van der Waals surface area contributed by atoms with E-state index in [1.54, 1.807) is 0 Å². The maximum atomic E-state index is 13.1. The third-order valence-electron chi connectivity index (χ3n) is 4.47. The van der Waals surface area contributed by atoms with E-state index in [1.165, 1.54) is 18.2 Å². The molecule has 2 aliphatic rings. The van der Waals surface area contributed by atoms with Gasteiger partial charge in [0, 0.05) is 30.1 Å². The first-order chi connectivity index (χ1) is 11.5. The molecule has 1 atom stereocenters. The van der Waals surface area contributed by atoms with Gasteiger partial charge in [0.15, 0.2) is 11.5 Å². The zero-order valence-electron chi connectivity index (χ0n) is 12.9. The van der Waals surface area contributed by atoms with Crippen LogP contribution in [-0.4, -0.2) is 35.4 Å². The number of fused-ring (bicyclic) bond motifs is 1. The number of hydrogen-bond acceptors (Lipinski definition) is 4. The highest BCUT2D eigenvalue weighted by Gasteiger charge is 2.47. The molecule has 1 saturated heterocycles. The first-order valence-corrected chi connectivity index (χ1v) is 8.25. The molecule has 24 heavy (non-hydrogen) atoms. The molecule has 0 amide bonds. The zero-order valence-corrected chi connectivity index (χ0v) is 13.7. The Labute approximate surface area is 144 Å². The number of halogens is 2. The van der Waals surface area contributed by atoms with Gasteiger partial charge in [-0.25, -0.2) is 4.39 Å². The van der Waals surface area contributed by atoms with Crippen LogP contribution in [0, 0.1) is 5.82 Å². The number of ether oxygens (including phenoxy) is 2. The fraction of sp³-hybridized carbons (Fsp3) is 0.333. The van der Waals surface area contributed by atoms with E-state index in [1.807, 2.05) is 24.3 Å². The van der Waals surface area contributed by atoms with Gasteiger partial charge in [-0.2, -0.15) is 0 Å². The largest absolute Gasteiger partial charge is 0.447 e. The Bertz CT molecular complexity index is 745. The van der Waals surface area contributed by atoms with Gasteiger partial charge in [-0.1, -0.05) is 29.8 Å². The Kier molecular flexibility index (Phi) is 3.87. The van der Waals surface area contributed by atoms with Crippen molar-refractivity contribution in [3.05, 3.63) is 58.9 Å². The number of benzene rings is 2. The molecule has 2 aliphatic heterocycles. The van der Waals surface area contributed by atoms with Crippen LogP contribution in [0.3, 0.4) is 0 Å². The van der Waals surface area contributed by atoms with Crippen LogP contribution in [0.2, 0.25) is 5.02 Å². The number of aliphatic hydroxyl groups excluding tert-OH is 1. The Morgan fingerprint density at radius 3 is 2.58 bits per heavy atom. The standard InChI is InChI=1S/C18H17ClFNO3/c19-14-9-12(20)5-6-13(14)15(22)10-21-8-7-18(11-21)23-16-3-1-2-4-17(16)24-18/h1-6,9,15,22H,7-8,10-11H2. The van der Waals surface area contributed by atoms with Gasteiger partial charge in [0.1, 0.15) is 5.82 Å². The maximum absolute atomic E-state index is 13.1. The van der Waals surface area contributed by atoms with Crippen molar-refractivity contribution >= 4 is 11.6 Å². The summed E-state index contributed by atoms with van der Waals surface area (Å²) in [7, 11) is 0. The monoisotopic (exact) mass is 349 g/mol. The smallest absolute Gasteiger partial charge is 0.265 e. The minimum absolute atomic E-state index is 0.234. The second kappa shape index (κ2) is 5.92. The summed E-state index contributed by atoms with van der Waals surface area (Å²) in [6.45, 7) is 1.68. The highest BCUT2D eigenvalue weighted by atomic mass is 35.5. The van der Waals surface area contributed by atoms with E-state index in [9.17, 15) is 9.50 Å². The molecule has 0 saturated carbocycles. The predicted octanol–water partition coefficient (Wildman–Crippen LogP) is 3.39. The molecule has 6 heteroatoms. The van der Waals surface area contributed by atoms with Crippen molar-refractivity contribution in [2.75, 3.05) is 19.6 Å². The molecule has 2 aromatic rings. The molecule has 1 fully saturated rings. The molecule has 126 valence electrons. The Hall–Kier alpha value is -1.82. The van der Waals surface area contributed by atoms with Crippen molar-refractivity contribution in [3.8, 4) is 11.5 Å². The number of hydrogen-bond donors (Lipinski definition) is 1. The van der Waals surface area contributed by atoms with E-state index in [2.05, 4.69) is 4.90 Å². The average Bonchev–Trinajstić information content (AvgIpc) is 3.09. The topological polar surface area (TPSA) is 41.9 Å². The minimum atomic E-state index is -0.794. The van der Waals surface area contributed by atoms with E-state index in [-0.39, 0.29) is 5.02 Å². The van der Waals surface area contributed by atoms with Crippen LogP contribution in [0.25, 0.3) is 0 Å². The van der Waals surface area contributed by atoms with Crippen LogP contribution < -0.4 is 9.47 Å². The lowest BCUT2D eigenvalue weighted by atomic mass is 10.1. The number of nitrogens with zero attached hydrogens (tertiary/aromatic N) is 1. The molecule has 0 radical (unpaired) electrons. The van der Waals surface area contributed by atoms with Gasteiger partial charge in [-0.3, -0.25) is 4.90 Å². The number of para-hydroxylation sites is 2. The molecule has 1 N–H and O–H groups in total. The van der Waals surface area contributed by atoms with Crippen LogP contribution >= 0.6 is 11.6 Å². The van der Waals surface area contributed by atoms with E-state index in [0.29, 0.717) is 25.1 Å². The average molecular weight is 350 g/mol. The lowest BCUT2D eigenvalue weighted by Gasteiger charge is -2.24. The van der Waals surface area contributed by atoms with Gasteiger partial charge in [-0.05, 0) is 24.3 Å². The number of aliphatic hydroxyl groups is 1. The highest BCUT2D eigenvalue weighted by molar-refractivity contribution is 6.31. The zero-order chi connectivity index (χ0) is 16.7. The summed E-state index contributed by atoms with van der Waals surface area (Å²) in [6, 6.07) is 11.6. The second-order valence-corrected chi connectivity index (χ2v) is 6.64. The highest BCUT2D eigenvalue weighted by Crippen LogP contribution is 2.43. The quantitative estimate of drug-likeness (QED) is 0.922. The summed E-state index contributed by atoms with van der Waals surface area (Å²) in [4.78, 5) is 2.07. The van der Waals surface area contributed by atoms with Gasteiger partial charge >= 0.3 is 0 Å². The second-order valence-electron chi connectivity index (χ2n) is 6.23. The summed E-state index contributed by atoms with van der Waals surface area (Å²) in [5.74, 6) is 0.403. The van der Waals surface area contributed by atoms with Crippen LogP contribution in [0.5, 0.6) is 11.5 Å². The SMILES string of the molecule is OC(CN1CCC2(C1)Oc1ccccc1O2)c1ccc(F)cc1Cl. The van der Waals surface area contributed by atoms with Crippen molar-refractivity contribution in [1.82, 2.24) is 4.90 Å². The first-order valence-electron chi connectivity index (χ1n) is 7.87. The lowest BCUT2D eigenvalue weighted by molar-refractivity contribution is -0.0690. The molecule has 1 unspecified atom stereocenters. The summed E-state index contributed by atoms with van der Waals surface area (Å²) in [5.41, 5.74) is 0.524. The van der Waals surface area contributed by atoms with Crippen LogP contribution in [0.1, 0.15) is 18.1 Å². The lowest BCUT2D eigenvalue weighted by Crippen LogP contribution is -2.42. The van der Waals surface area contributed by atoms with Crippen molar-refractivity contribution in [3.63, 3.8) is 0 Å². The van der Waals surface area contributed by atoms with E-state index in [0.717, 1.165) is 18.0 Å². The third-order valence-corrected chi connectivity index (χ3v) is 4.79. The molecule has 4 rings (SSSR count). The van der Waals surface area contributed by atoms with Crippen molar-refractivity contribution < 1.29 is 19.0 Å². The van der Waals surface area contributed by atoms with Crippen molar-refractivity contribution in [2.24, 2.45) is 0 Å². The normalized spacial score (nSPS) is 19.8. The van der Waals surface area contributed by atoms with Crippen LogP contribution in [0.15, 0.2) is 42.5 Å². The Morgan fingerprint density at radius 1 is 1.21 bits per heavy atom. The van der Waals surface area contributed by atoms with Crippen molar-refractivity contribution in [1.29, 1.82) is 0 Å². The molecule has 0 aromatic heterocycles. The molecule has 0 aliphatic carbocycles. The van der Waals surface area contributed by atoms with Crippen molar-refractivity contribution in [2.45, 2.75) is 18.3 Å². The van der Waals surface area contributed by atoms with Gasteiger partial charge in [0.25, 0.3) is 5.79 Å². The van der Waals surface area contributed by atoms with Gasteiger partial charge < -0.3 is 14.6 Å². The summed E-state index contributed by atoms with van der Waals surface area (Å²) in [5, 5.41) is 10.7. The minimum Gasteiger partial charge on any atom is -0.447 e.